The zero-order chi connectivity index (χ0) is 18.1. The third-order valence-electron chi connectivity index (χ3n) is 4.66. The van der Waals surface area contributed by atoms with Crippen LogP contribution in [0.25, 0.3) is 0 Å². The number of piperidine rings is 1. The molecule has 0 radical (unpaired) electrons. The highest BCUT2D eigenvalue weighted by atomic mass is 127. The lowest BCUT2D eigenvalue weighted by atomic mass is 9.97. The fourth-order valence-electron chi connectivity index (χ4n) is 3.14. The summed E-state index contributed by atoms with van der Waals surface area (Å²) in [6.45, 7) is 8.46. The summed E-state index contributed by atoms with van der Waals surface area (Å²) >= 11 is 0. The molecule has 0 aromatic carbocycles. The molecule has 1 aromatic heterocycles. The molecule has 1 N–H and O–H groups in total. The van der Waals surface area contributed by atoms with Crippen molar-refractivity contribution in [2.45, 2.75) is 46.1 Å². The van der Waals surface area contributed by atoms with Crippen LogP contribution in [0.15, 0.2) is 17.4 Å². The maximum Gasteiger partial charge on any atom is 0.308 e. The second-order valence-corrected chi connectivity index (χ2v) is 6.40. The zero-order valence-electron chi connectivity index (χ0n) is 16.1. The lowest BCUT2D eigenvalue weighted by Gasteiger charge is -2.33. The molecule has 2 heterocycles. The van der Waals surface area contributed by atoms with Crippen molar-refractivity contribution in [3.05, 3.63) is 18.2 Å². The van der Waals surface area contributed by atoms with Crippen molar-refractivity contribution in [2.24, 2.45) is 10.9 Å². The Morgan fingerprint density at radius 3 is 2.69 bits per heavy atom. The highest BCUT2D eigenvalue weighted by Crippen LogP contribution is 2.18. The summed E-state index contributed by atoms with van der Waals surface area (Å²) in [5.74, 6) is 1.97. The molecular weight excluding hydrogens is 445 g/mol. The first-order valence-corrected chi connectivity index (χ1v) is 9.24. The third-order valence-corrected chi connectivity index (χ3v) is 4.66. The Hall–Kier alpha value is -1.32. The minimum absolute atomic E-state index is 0. The SMILES string of the molecule is CCNC(=NCCCCn1ccnc1C)N1CCC(C(=O)OC)CC1.I. The first kappa shape index (κ1) is 22.7. The maximum atomic E-state index is 11.6. The topological polar surface area (TPSA) is 71.8 Å². The van der Waals surface area contributed by atoms with E-state index >= 15 is 0 Å². The van der Waals surface area contributed by atoms with E-state index in [0.717, 1.165) is 70.2 Å². The summed E-state index contributed by atoms with van der Waals surface area (Å²) in [7, 11) is 1.46. The number of ether oxygens (including phenoxy) is 1. The number of carbonyl (C=O) groups excluding carboxylic acids is 1. The number of imidazole rings is 1. The van der Waals surface area contributed by atoms with Gasteiger partial charge in [0.15, 0.2) is 5.96 Å². The smallest absolute Gasteiger partial charge is 0.308 e. The minimum Gasteiger partial charge on any atom is -0.469 e. The van der Waals surface area contributed by atoms with Crippen LogP contribution in [-0.4, -0.2) is 59.7 Å². The van der Waals surface area contributed by atoms with Crippen molar-refractivity contribution in [3.8, 4) is 0 Å². The molecule has 7 nitrogen and oxygen atoms in total. The van der Waals surface area contributed by atoms with Gasteiger partial charge in [-0.05, 0) is 39.5 Å². The molecule has 0 amide bonds. The number of nitrogens with one attached hydrogen (secondary N) is 1. The molecule has 26 heavy (non-hydrogen) atoms. The molecule has 0 aliphatic carbocycles. The summed E-state index contributed by atoms with van der Waals surface area (Å²) in [6, 6.07) is 0. The Labute approximate surface area is 173 Å². The fourth-order valence-corrected chi connectivity index (χ4v) is 3.14. The van der Waals surface area contributed by atoms with Gasteiger partial charge in [-0.3, -0.25) is 9.79 Å². The molecule has 2 rings (SSSR count). The number of esters is 1. The van der Waals surface area contributed by atoms with Crippen LogP contribution in [0.4, 0.5) is 0 Å². The number of aliphatic imine (C=N–C) groups is 1. The van der Waals surface area contributed by atoms with E-state index in [2.05, 4.69) is 26.7 Å². The van der Waals surface area contributed by atoms with Gasteiger partial charge in [-0.2, -0.15) is 0 Å². The van der Waals surface area contributed by atoms with E-state index in [9.17, 15) is 4.79 Å². The molecule has 0 spiro atoms. The Kier molecular flexibility index (Phi) is 10.6. The second kappa shape index (κ2) is 12.1. The van der Waals surface area contributed by atoms with Crippen LogP contribution in [0.2, 0.25) is 0 Å². The average Bonchev–Trinajstić information content (AvgIpc) is 3.05. The maximum absolute atomic E-state index is 11.6. The standard InChI is InChI=1S/C18H31N5O2.HI/c1-4-19-18(23-12-7-16(8-13-23)17(24)25-3)21-9-5-6-11-22-14-10-20-15(22)2;/h10,14,16H,4-9,11-13H2,1-3H3,(H,19,21);1H. The average molecular weight is 477 g/mol. The fraction of sp³-hybridized carbons (Fsp3) is 0.722. The molecule has 1 saturated heterocycles. The number of hydrogen-bond acceptors (Lipinski definition) is 4. The Balaban J connectivity index is 0.00000338. The van der Waals surface area contributed by atoms with Gasteiger partial charge in [0, 0.05) is 45.1 Å². The molecular formula is C18H32IN5O2. The molecule has 148 valence electrons. The van der Waals surface area contributed by atoms with Crippen LogP contribution < -0.4 is 5.32 Å². The van der Waals surface area contributed by atoms with E-state index in [1.165, 1.54) is 7.11 Å². The number of carbonyl (C=O) groups is 1. The van der Waals surface area contributed by atoms with Crippen LogP contribution in [0.3, 0.4) is 0 Å². The van der Waals surface area contributed by atoms with Crippen LogP contribution in [0.1, 0.15) is 38.4 Å². The van der Waals surface area contributed by atoms with Crippen molar-refractivity contribution < 1.29 is 9.53 Å². The summed E-state index contributed by atoms with van der Waals surface area (Å²) in [5, 5.41) is 3.37. The molecule has 1 fully saturated rings. The van der Waals surface area contributed by atoms with Crippen LogP contribution in [0, 0.1) is 12.8 Å². The number of hydrogen-bond donors (Lipinski definition) is 1. The molecule has 1 aliphatic heterocycles. The third kappa shape index (κ3) is 6.77. The van der Waals surface area contributed by atoms with Gasteiger partial charge in [-0.15, -0.1) is 24.0 Å². The Morgan fingerprint density at radius 1 is 1.38 bits per heavy atom. The van der Waals surface area contributed by atoms with Crippen molar-refractivity contribution in [3.63, 3.8) is 0 Å². The molecule has 0 saturated carbocycles. The van der Waals surface area contributed by atoms with Crippen LogP contribution in [0.5, 0.6) is 0 Å². The van der Waals surface area contributed by atoms with Gasteiger partial charge in [0.1, 0.15) is 5.82 Å². The van der Waals surface area contributed by atoms with Crippen molar-refractivity contribution in [2.75, 3.05) is 33.3 Å². The first-order valence-electron chi connectivity index (χ1n) is 9.24. The summed E-state index contributed by atoms with van der Waals surface area (Å²) in [6.07, 6.45) is 7.66. The van der Waals surface area contributed by atoms with Gasteiger partial charge in [0.25, 0.3) is 0 Å². The summed E-state index contributed by atoms with van der Waals surface area (Å²) < 4.78 is 7.03. The number of methoxy groups -OCH3 is 1. The number of guanidine groups is 1. The summed E-state index contributed by atoms with van der Waals surface area (Å²) in [4.78, 5) is 22.9. The molecule has 0 unspecified atom stereocenters. The summed E-state index contributed by atoms with van der Waals surface area (Å²) in [5.41, 5.74) is 0. The number of unbranched alkanes of at least 4 members (excludes halogenated alkanes) is 1. The van der Waals surface area contributed by atoms with Gasteiger partial charge in [-0.1, -0.05) is 0 Å². The van der Waals surface area contributed by atoms with E-state index in [4.69, 9.17) is 9.73 Å². The van der Waals surface area contributed by atoms with E-state index in [0.29, 0.717) is 0 Å². The number of aryl methyl sites for hydroxylation is 2. The molecule has 1 aliphatic rings. The van der Waals surface area contributed by atoms with Crippen molar-refractivity contribution in [1.29, 1.82) is 0 Å². The molecule has 8 heteroatoms. The number of likely N-dealkylation sites (tertiary alicyclic amines) is 1. The zero-order valence-corrected chi connectivity index (χ0v) is 18.4. The molecule has 0 bridgehead atoms. The van der Waals surface area contributed by atoms with Gasteiger partial charge < -0.3 is 19.5 Å². The van der Waals surface area contributed by atoms with Gasteiger partial charge in [0.05, 0.1) is 13.0 Å². The quantitative estimate of drug-likeness (QED) is 0.215. The minimum atomic E-state index is -0.0867. The Morgan fingerprint density at radius 2 is 2.12 bits per heavy atom. The predicted molar refractivity (Wildman–Crippen MR) is 114 cm³/mol. The Bertz CT molecular complexity index is 568. The highest BCUT2D eigenvalue weighted by molar-refractivity contribution is 14.0. The van der Waals surface area contributed by atoms with Gasteiger partial charge in [-0.25, -0.2) is 4.98 Å². The van der Waals surface area contributed by atoms with Gasteiger partial charge in [0.2, 0.25) is 0 Å². The number of rotatable bonds is 7. The van der Waals surface area contributed by atoms with Crippen LogP contribution in [-0.2, 0) is 16.1 Å². The number of aromatic nitrogens is 2. The van der Waals surface area contributed by atoms with E-state index in [1.807, 2.05) is 19.3 Å². The van der Waals surface area contributed by atoms with Gasteiger partial charge >= 0.3 is 5.97 Å². The van der Waals surface area contributed by atoms with Crippen molar-refractivity contribution >= 4 is 35.9 Å². The highest BCUT2D eigenvalue weighted by Gasteiger charge is 2.26. The number of nitrogens with zero attached hydrogens (tertiary/aromatic N) is 4. The predicted octanol–water partition coefficient (Wildman–Crippen LogP) is 2.44. The lowest BCUT2D eigenvalue weighted by Crippen LogP contribution is -2.46. The van der Waals surface area contributed by atoms with E-state index in [1.54, 1.807) is 0 Å². The monoisotopic (exact) mass is 477 g/mol. The largest absolute Gasteiger partial charge is 0.469 e. The van der Waals surface area contributed by atoms with Crippen LogP contribution >= 0.6 is 24.0 Å². The second-order valence-electron chi connectivity index (χ2n) is 6.40. The molecule has 1 aromatic rings. The van der Waals surface area contributed by atoms with Crippen molar-refractivity contribution in [1.82, 2.24) is 19.8 Å². The number of halogens is 1. The normalized spacial score (nSPS) is 15.5. The van der Waals surface area contributed by atoms with E-state index < -0.39 is 0 Å². The van der Waals surface area contributed by atoms with E-state index in [-0.39, 0.29) is 35.9 Å². The first-order chi connectivity index (χ1) is 12.2. The molecule has 0 atom stereocenters. The lowest BCUT2D eigenvalue weighted by molar-refractivity contribution is -0.146.